The van der Waals surface area contributed by atoms with Gasteiger partial charge in [-0.05, 0) is 38.1 Å². The molecule has 2 fully saturated rings. The summed E-state index contributed by atoms with van der Waals surface area (Å²) >= 11 is 0. The van der Waals surface area contributed by atoms with Gasteiger partial charge in [-0.1, -0.05) is 13.8 Å². The molecular formula is C13H25N3O. The zero-order valence-corrected chi connectivity index (χ0v) is 11.0. The van der Waals surface area contributed by atoms with Gasteiger partial charge in [0.15, 0.2) is 0 Å². The molecule has 2 aliphatic heterocycles. The molecule has 3 N–H and O–H groups in total. The lowest BCUT2D eigenvalue weighted by Crippen LogP contribution is -2.49. The lowest BCUT2D eigenvalue weighted by Gasteiger charge is -2.23. The van der Waals surface area contributed by atoms with Crippen molar-refractivity contribution in [3.63, 3.8) is 0 Å². The summed E-state index contributed by atoms with van der Waals surface area (Å²) in [5.74, 6) is 0.514. The summed E-state index contributed by atoms with van der Waals surface area (Å²) in [6.07, 6.45) is 4.36. The fraction of sp³-hybridized carbons (Fsp3) is 0.923. The average Bonchev–Trinajstić information content (AvgIpc) is 2.81. The number of hydrogen-bond acceptors (Lipinski definition) is 3. The Morgan fingerprint density at radius 2 is 2.18 bits per heavy atom. The summed E-state index contributed by atoms with van der Waals surface area (Å²) in [6.45, 7) is 6.53. The number of nitrogens with zero attached hydrogens (tertiary/aromatic N) is 1. The van der Waals surface area contributed by atoms with Gasteiger partial charge in [0.25, 0.3) is 0 Å². The van der Waals surface area contributed by atoms with E-state index in [1.807, 2.05) is 0 Å². The van der Waals surface area contributed by atoms with E-state index in [1.54, 1.807) is 0 Å². The molecule has 0 bridgehead atoms. The van der Waals surface area contributed by atoms with E-state index >= 15 is 0 Å². The van der Waals surface area contributed by atoms with Crippen LogP contribution in [0.5, 0.6) is 0 Å². The third-order valence-corrected chi connectivity index (χ3v) is 4.00. The number of carbonyl (C=O) groups is 1. The van der Waals surface area contributed by atoms with Crippen LogP contribution in [-0.4, -0.2) is 42.0 Å². The van der Waals surface area contributed by atoms with Crippen molar-refractivity contribution in [1.29, 1.82) is 0 Å². The van der Waals surface area contributed by atoms with E-state index in [0.29, 0.717) is 18.0 Å². The highest BCUT2D eigenvalue weighted by atomic mass is 16.2. The zero-order valence-electron chi connectivity index (χ0n) is 11.0. The zero-order chi connectivity index (χ0) is 12.4. The molecule has 98 valence electrons. The van der Waals surface area contributed by atoms with Crippen LogP contribution in [0.2, 0.25) is 0 Å². The molecule has 4 nitrogen and oxygen atoms in total. The molecule has 2 aliphatic rings. The Bertz CT molecular complexity index is 280. The first-order valence-electron chi connectivity index (χ1n) is 6.88. The maximum atomic E-state index is 12.0. The van der Waals surface area contributed by atoms with Crippen molar-refractivity contribution in [3.8, 4) is 0 Å². The van der Waals surface area contributed by atoms with Crippen molar-refractivity contribution in [3.05, 3.63) is 0 Å². The van der Waals surface area contributed by atoms with Crippen LogP contribution in [0.3, 0.4) is 0 Å². The Morgan fingerprint density at radius 3 is 2.88 bits per heavy atom. The maximum Gasteiger partial charge on any atom is 0.237 e. The molecule has 4 heteroatoms. The highest BCUT2D eigenvalue weighted by molar-refractivity contribution is 5.81. The fourth-order valence-electron chi connectivity index (χ4n) is 3.16. The second kappa shape index (κ2) is 5.36. The predicted octanol–water partition coefficient (Wildman–Crippen LogP) is 0.713. The molecule has 0 spiro atoms. The van der Waals surface area contributed by atoms with Gasteiger partial charge in [0.2, 0.25) is 5.91 Å². The topological polar surface area (TPSA) is 58.4 Å². The van der Waals surface area contributed by atoms with E-state index in [1.165, 1.54) is 19.4 Å². The van der Waals surface area contributed by atoms with E-state index < -0.39 is 0 Å². The number of amides is 1. The van der Waals surface area contributed by atoms with E-state index in [0.717, 1.165) is 19.4 Å². The smallest absolute Gasteiger partial charge is 0.237 e. The molecule has 0 aliphatic carbocycles. The van der Waals surface area contributed by atoms with Gasteiger partial charge in [0.1, 0.15) is 0 Å². The van der Waals surface area contributed by atoms with Crippen molar-refractivity contribution in [2.45, 2.75) is 57.7 Å². The molecule has 2 saturated heterocycles. The van der Waals surface area contributed by atoms with Crippen LogP contribution in [-0.2, 0) is 4.79 Å². The molecule has 2 rings (SSSR count). The number of fused-ring (bicyclic) bond motifs is 1. The summed E-state index contributed by atoms with van der Waals surface area (Å²) in [4.78, 5) is 14.5. The SMILES string of the molecule is CC(C)C[C@@H](N)C(=O)NC1CCN2CCCC12. The van der Waals surface area contributed by atoms with Crippen LogP contribution < -0.4 is 11.1 Å². The van der Waals surface area contributed by atoms with Gasteiger partial charge in [-0.25, -0.2) is 0 Å². The lowest BCUT2D eigenvalue weighted by atomic mass is 10.0. The van der Waals surface area contributed by atoms with Gasteiger partial charge in [-0.2, -0.15) is 0 Å². The van der Waals surface area contributed by atoms with E-state index in [9.17, 15) is 4.79 Å². The minimum absolute atomic E-state index is 0.0393. The first-order valence-corrected chi connectivity index (χ1v) is 6.88. The molecule has 0 radical (unpaired) electrons. The van der Waals surface area contributed by atoms with E-state index in [2.05, 4.69) is 24.1 Å². The molecule has 2 heterocycles. The van der Waals surface area contributed by atoms with Crippen LogP contribution in [0.1, 0.15) is 39.5 Å². The van der Waals surface area contributed by atoms with E-state index in [-0.39, 0.29) is 11.9 Å². The molecule has 3 atom stereocenters. The Labute approximate surface area is 104 Å². The second-order valence-electron chi connectivity index (χ2n) is 5.89. The van der Waals surface area contributed by atoms with Crippen molar-refractivity contribution in [2.75, 3.05) is 13.1 Å². The van der Waals surface area contributed by atoms with Crippen LogP contribution in [0.4, 0.5) is 0 Å². The quantitative estimate of drug-likeness (QED) is 0.760. The number of rotatable bonds is 4. The highest BCUT2D eigenvalue weighted by Gasteiger charge is 2.38. The van der Waals surface area contributed by atoms with Crippen LogP contribution in [0, 0.1) is 5.92 Å². The predicted molar refractivity (Wildman–Crippen MR) is 68.6 cm³/mol. The summed E-state index contributed by atoms with van der Waals surface area (Å²) in [5, 5.41) is 3.15. The number of carbonyl (C=O) groups excluding carboxylic acids is 1. The first-order chi connectivity index (χ1) is 8.08. The minimum atomic E-state index is -0.342. The van der Waals surface area contributed by atoms with E-state index in [4.69, 9.17) is 5.73 Å². The maximum absolute atomic E-state index is 12.0. The normalized spacial score (nSPS) is 30.6. The fourth-order valence-corrected chi connectivity index (χ4v) is 3.16. The molecule has 1 amide bonds. The summed E-state index contributed by atoms with van der Waals surface area (Å²) in [7, 11) is 0. The van der Waals surface area contributed by atoms with Crippen molar-refractivity contribution in [1.82, 2.24) is 10.2 Å². The molecule has 0 aromatic rings. The van der Waals surface area contributed by atoms with Gasteiger partial charge in [-0.3, -0.25) is 9.69 Å². The standard InChI is InChI=1S/C13H25N3O/c1-9(2)8-10(14)13(17)15-11-5-7-16-6-3-4-12(11)16/h9-12H,3-8,14H2,1-2H3,(H,15,17)/t10-,11?,12?/m1/s1. The van der Waals surface area contributed by atoms with Crippen molar-refractivity contribution in [2.24, 2.45) is 11.7 Å². The molecule has 0 aromatic heterocycles. The third kappa shape index (κ3) is 2.99. The van der Waals surface area contributed by atoms with Gasteiger partial charge in [-0.15, -0.1) is 0 Å². The number of hydrogen-bond donors (Lipinski definition) is 2. The first kappa shape index (κ1) is 12.8. The second-order valence-corrected chi connectivity index (χ2v) is 5.89. The lowest BCUT2D eigenvalue weighted by molar-refractivity contribution is -0.123. The molecule has 0 saturated carbocycles. The Balaban J connectivity index is 1.82. The largest absolute Gasteiger partial charge is 0.350 e. The van der Waals surface area contributed by atoms with Gasteiger partial charge in [0, 0.05) is 18.6 Å². The Hall–Kier alpha value is -0.610. The van der Waals surface area contributed by atoms with Gasteiger partial charge < -0.3 is 11.1 Å². The van der Waals surface area contributed by atoms with Crippen molar-refractivity contribution < 1.29 is 4.79 Å². The summed E-state index contributed by atoms with van der Waals surface area (Å²) < 4.78 is 0. The highest BCUT2D eigenvalue weighted by Crippen LogP contribution is 2.27. The van der Waals surface area contributed by atoms with Gasteiger partial charge in [0.05, 0.1) is 6.04 Å². The average molecular weight is 239 g/mol. The monoisotopic (exact) mass is 239 g/mol. The number of nitrogens with one attached hydrogen (secondary N) is 1. The number of nitrogens with two attached hydrogens (primary N) is 1. The van der Waals surface area contributed by atoms with Crippen LogP contribution in [0.25, 0.3) is 0 Å². The Kier molecular flexibility index (Phi) is 4.05. The molecule has 0 aromatic carbocycles. The van der Waals surface area contributed by atoms with Crippen LogP contribution in [0.15, 0.2) is 0 Å². The third-order valence-electron chi connectivity index (χ3n) is 4.00. The minimum Gasteiger partial charge on any atom is -0.350 e. The summed E-state index contributed by atoms with van der Waals surface area (Å²) in [6, 6.07) is 0.568. The van der Waals surface area contributed by atoms with Crippen molar-refractivity contribution >= 4 is 5.91 Å². The molecule has 17 heavy (non-hydrogen) atoms. The summed E-state index contributed by atoms with van der Waals surface area (Å²) in [5.41, 5.74) is 5.91. The Morgan fingerprint density at radius 1 is 1.41 bits per heavy atom. The molecular weight excluding hydrogens is 214 g/mol. The van der Waals surface area contributed by atoms with Gasteiger partial charge >= 0.3 is 0 Å². The van der Waals surface area contributed by atoms with Crippen LogP contribution >= 0.6 is 0 Å². The molecule has 2 unspecified atom stereocenters.